The van der Waals surface area contributed by atoms with Gasteiger partial charge in [-0.05, 0) is 19.8 Å². The minimum atomic E-state index is -0.432. The number of methoxy groups -OCH3 is 2. The van der Waals surface area contributed by atoms with Gasteiger partial charge in [0.1, 0.15) is 11.4 Å². The van der Waals surface area contributed by atoms with Crippen LogP contribution in [0.25, 0.3) is 0 Å². The van der Waals surface area contributed by atoms with Crippen molar-refractivity contribution in [2.24, 2.45) is 5.84 Å². The summed E-state index contributed by atoms with van der Waals surface area (Å²) in [5.74, 6) is 4.87. The lowest BCUT2D eigenvalue weighted by Gasteiger charge is -2.04. The molecule has 5 N–H and O–H groups in total. The number of nitrogens with zero attached hydrogens (tertiary/aromatic N) is 2. The molecular formula is C14H31Cl2N5O4. The number of aromatic nitrogens is 2. The number of ether oxygens (including phenoxy) is 3. The van der Waals surface area contributed by atoms with Gasteiger partial charge in [-0.1, -0.05) is 0 Å². The molecule has 11 heteroatoms. The Morgan fingerprint density at radius 2 is 1.84 bits per heavy atom. The first-order valence-electron chi connectivity index (χ1n) is 7.52. The molecule has 0 aliphatic carbocycles. The van der Waals surface area contributed by atoms with Crippen molar-refractivity contribution in [2.45, 2.75) is 26.3 Å². The van der Waals surface area contributed by atoms with Crippen LogP contribution in [0.2, 0.25) is 0 Å². The van der Waals surface area contributed by atoms with Crippen LogP contribution < -0.4 is 17.0 Å². The molecule has 0 aromatic carbocycles. The molecule has 0 unspecified atom stereocenters. The second-order valence-electron chi connectivity index (χ2n) is 4.53. The Kier molecular flexibility index (Phi) is 22.1. The van der Waals surface area contributed by atoms with E-state index in [4.69, 9.17) is 25.8 Å². The summed E-state index contributed by atoms with van der Waals surface area (Å²) in [6.45, 7) is 4.94. The summed E-state index contributed by atoms with van der Waals surface area (Å²) in [7, 11) is 3.31. The molecular weight excluding hydrogens is 373 g/mol. The average Bonchev–Trinajstić information content (AvgIpc) is 2.90. The number of anilines is 1. The summed E-state index contributed by atoms with van der Waals surface area (Å²) in [4.78, 5) is 11.4. The SMILES string of the molecule is CCOC(=O)c1cnn(CCCOC)c1N.COCCCNN.Cl.Cl. The van der Waals surface area contributed by atoms with E-state index in [2.05, 4.69) is 10.5 Å². The second kappa shape index (κ2) is 19.2. The highest BCUT2D eigenvalue weighted by molar-refractivity contribution is 5.93. The molecule has 150 valence electrons. The molecule has 0 atom stereocenters. The van der Waals surface area contributed by atoms with Crippen molar-refractivity contribution in [3.05, 3.63) is 11.8 Å². The number of aryl methyl sites for hydroxylation is 1. The van der Waals surface area contributed by atoms with Crippen LogP contribution in [0.4, 0.5) is 5.82 Å². The molecule has 1 aromatic rings. The van der Waals surface area contributed by atoms with Crippen LogP contribution in [0.5, 0.6) is 0 Å². The van der Waals surface area contributed by atoms with Crippen LogP contribution in [0.15, 0.2) is 6.20 Å². The van der Waals surface area contributed by atoms with E-state index in [1.807, 2.05) is 0 Å². The van der Waals surface area contributed by atoms with Crippen molar-refractivity contribution in [1.29, 1.82) is 0 Å². The molecule has 0 spiro atoms. The third-order valence-corrected chi connectivity index (χ3v) is 2.76. The van der Waals surface area contributed by atoms with Crippen LogP contribution in [-0.2, 0) is 20.8 Å². The fourth-order valence-electron chi connectivity index (χ4n) is 1.62. The molecule has 1 heterocycles. The van der Waals surface area contributed by atoms with Gasteiger partial charge in [0.25, 0.3) is 0 Å². The molecule has 25 heavy (non-hydrogen) atoms. The lowest BCUT2D eigenvalue weighted by atomic mass is 10.3. The number of nitrogens with one attached hydrogen (secondary N) is 1. The predicted octanol–water partition coefficient (Wildman–Crippen LogP) is 1.01. The number of nitrogen functional groups attached to an aromatic ring is 1. The zero-order chi connectivity index (χ0) is 17.5. The lowest BCUT2D eigenvalue weighted by Crippen LogP contribution is -2.23. The first-order valence-corrected chi connectivity index (χ1v) is 7.52. The molecule has 0 saturated heterocycles. The van der Waals surface area contributed by atoms with E-state index in [1.165, 1.54) is 6.20 Å². The summed E-state index contributed by atoms with van der Waals surface area (Å²) in [5.41, 5.74) is 8.62. The Morgan fingerprint density at radius 1 is 1.24 bits per heavy atom. The van der Waals surface area contributed by atoms with Crippen LogP contribution in [0.3, 0.4) is 0 Å². The summed E-state index contributed by atoms with van der Waals surface area (Å²) in [5, 5.41) is 4.03. The summed E-state index contributed by atoms with van der Waals surface area (Å²) in [6.07, 6.45) is 3.21. The largest absolute Gasteiger partial charge is 0.462 e. The number of rotatable bonds is 10. The van der Waals surface area contributed by atoms with Gasteiger partial charge in [-0.25, -0.2) is 9.48 Å². The zero-order valence-corrected chi connectivity index (χ0v) is 16.7. The number of halogens is 2. The highest BCUT2D eigenvalue weighted by Gasteiger charge is 2.15. The van der Waals surface area contributed by atoms with E-state index in [0.29, 0.717) is 31.1 Å². The van der Waals surface area contributed by atoms with Crippen LogP contribution in [0, 0.1) is 0 Å². The minimum Gasteiger partial charge on any atom is -0.462 e. The van der Waals surface area contributed by atoms with Gasteiger partial charge in [0.2, 0.25) is 0 Å². The predicted molar refractivity (Wildman–Crippen MR) is 102 cm³/mol. The number of hydrogen-bond acceptors (Lipinski definition) is 8. The van der Waals surface area contributed by atoms with Crippen molar-refractivity contribution in [1.82, 2.24) is 15.2 Å². The summed E-state index contributed by atoms with van der Waals surface area (Å²) < 4.78 is 16.1. The van der Waals surface area contributed by atoms with E-state index in [1.54, 1.807) is 25.8 Å². The maximum atomic E-state index is 11.4. The normalized spacial score (nSPS) is 9.28. The molecule has 9 nitrogen and oxygen atoms in total. The number of nitrogens with two attached hydrogens (primary N) is 2. The fraction of sp³-hybridized carbons (Fsp3) is 0.714. The van der Waals surface area contributed by atoms with Gasteiger partial charge in [-0.3, -0.25) is 11.3 Å². The molecule has 0 fully saturated rings. The topological polar surface area (TPSA) is 127 Å². The molecule has 0 radical (unpaired) electrons. The molecule has 0 aliphatic heterocycles. The molecule has 0 saturated carbocycles. The quantitative estimate of drug-likeness (QED) is 0.228. The second-order valence-corrected chi connectivity index (χ2v) is 4.53. The average molecular weight is 404 g/mol. The number of carbonyl (C=O) groups is 1. The van der Waals surface area contributed by atoms with Crippen molar-refractivity contribution in [2.75, 3.05) is 46.3 Å². The van der Waals surface area contributed by atoms with Crippen molar-refractivity contribution < 1.29 is 19.0 Å². The highest BCUT2D eigenvalue weighted by atomic mass is 35.5. The third kappa shape index (κ3) is 12.9. The number of hydrazine groups is 1. The van der Waals surface area contributed by atoms with Gasteiger partial charge in [-0.15, -0.1) is 24.8 Å². The van der Waals surface area contributed by atoms with Crippen LogP contribution >= 0.6 is 24.8 Å². The molecule has 0 amide bonds. The van der Waals surface area contributed by atoms with E-state index in [0.717, 1.165) is 26.0 Å². The van der Waals surface area contributed by atoms with Crippen molar-refractivity contribution in [3.8, 4) is 0 Å². The number of hydrogen-bond donors (Lipinski definition) is 3. The van der Waals surface area contributed by atoms with Crippen LogP contribution in [-0.4, -0.2) is 56.3 Å². The van der Waals surface area contributed by atoms with Gasteiger partial charge >= 0.3 is 5.97 Å². The van der Waals surface area contributed by atoms with Gasteiger partial charge < -0.3 is 19.9 Å². The molecule has 1 rings (SSSR count). The van der Waals surface area contributed by atoms with Gasteiger partial charge in [0.15, 0.2) is 0 Å². The third-order valence-electron chi connectivity index (χ3n) is 2.76. The summed E-state index contributed by atoms with van der Waals surface area (Å²) >= 11 is 0. The standard InChI is InChI=1S/C10H17N3O3.C4H12N2O.2ClH/c1-3-16-10(14)8-7-12-13(9(8)11)5-4-6-15-2;1-7-4-2-3-6-5;;/h7H,3-6,11H2,1-2H3;6H,2-5H2,1H3;2*1H. The Balaban J connectivity index is -0.000000464. The van der Waals surface area contributed by atoms with Gasteiger partial charge in [-0.2, -0.15) is 5.10 Å². The molecule has 1 aromatic heterocycles. The first-order chi connectivity index (χ1) is 11.1. The van der Waals surface area contributed by atoms with Gasteiger partial charge in [0.05, 0.1) is 12.8 Å². The first kappa shape index (κ1) is 28.7. The van der Waals surface area contributed by atoms with Crippen molar-refractivity contribution >= 4 is 36.6 Å². The highest BCUT2D eigenvalue weighted by Crippen LogP contribution is 2.12. The fourth-order valence-corrected chi connectivity index (χ4v) is 1.62. The Labute approximate surface area is 161 Å². The number of carbonyl (C=O) groups excluding carboxylic acids is 1. The zero-order valence-electron chi connectivity index (χ0n) is 15.0. The Hall–Kier alpha value is -1.10. The maximum absolute atomic E-state index is 11.4. The summed E-state index contributed by atoms with van der Waals surface area (Å²) in [6, 6.07) is 0. The van der Waals surface area contributed by atoms with E-state index >= 15 is 0 Å². The smallest absolute Gasteiger partial charge is 0.343 e. The molecule has 0 bridgehead atoms. The van der Waals surface area contributed by atoms with Crippen molar-refractivity contribution in [3.63, 3.8) is 0 Å². The maximum Gasteiger partial charge on any atom is 0.343 e. The number of esters is 1. The Bertz CT molecular complexity index is 431. The van der Waals surface area contributed by atoms with E-state index in [9.17, 15) is 4.79 Å². The lowest BCUT2D eigenvalue weighted by molar-refractivity contribution is 0.0527. The van der Waals surface area contributed by atoms with Gasteiger partial charge in [0, 0.05) is 40.5 Å². The van der Waals surface area contributed by atoms with Crippen LogP contribution in [0.1, 0.15) is 30.1 Å². The monoisotopic (exact) mass is 403 g/mol. The minimum absolute atomic E-state index is 0. The van der Waals surface area contributed by atoms with E-state index in [-0.39, 0.29) is 24.8 Å². The van der Waals surface area contributed by atoms with E-state index < -0.39 is 5.97 Å². The Morgan fingerprint density at radius 3 is 2.36 bits per heavy atom. The molecule has 0 aliphatic rings.